The fraction of sp³-hybridized carbons (Fsp3) is 0.182. The SMILES string of the molecule is CC(C)(C)c1ccc2c3ccccc3n(-c3cc(C#N)c(-c4cccnc4)cc3-n3c4ccccc4c4ccc(C(C)(C)C)cc43)c2c1. The fourth-order valence-electron chi connectivity index (χ4n) is 7.18. The van der Waals surface area contributed by atoms with Crippen LogP contribution in [0.25, 0.3) is 66.1 Å². The monoisotopic (exact) mass is 622 g/mol. The number of fused-ring (bicyclic) bond motifs is 6. The van der Waals surface area contributed by atoms with E-state index in [1.54, 1.807) is 6.20 Å². The van der Waals surface area contributed by atoms with Crippen molar-refractivity contribution in [3.05, 3.63) is 138 Å². The van der Waals surface area contributed by atoms with E-state index in [-0.39, 0.29) is 10.8 Å². The predicted octanol–water partition coefficient (Wildman–Crippen LogP) is 11.4. The molecule has 0 aliphatic carbocycles. The first kappa shape index (κ1) is 29.7. The maximum absolute atomic E-state index is 10.7. The highest BCUT2D eigenvalue weighted by atomic mass is 15.1. The fourth-order valence-corrected chi connectivity index (χ4v) is 7.18. The number of benzene rings is 5. The molecule has 48 heavy (non-hydrogen) atoms. The van der Waals surface area contributed by atoms with Gasteiger partial charge in [0.25, 0.3) is 0 Å². The molecule has 0 saturated carbocycles. The summed E-state index contributed by atoms with van der Waals surface area (Å²) in [5.41, 5.74) is 11.3. The number of hydrogen-bond acceptors (Lipinski definition) is 2. The van der Waals surface area contributed by atoms with Gasteiger partial charge in [-0.25, -0.2) is 0 Å². The van der Waals surface area contributed by atoms with Crippen LogP contribution >= 0.6 is 0 Å². The quantitative estimate of drug-likeness (QED) is 0.197. The molecule has 0 N–H and O–H groups in total. The first-order valence-electron chi connectivity index (χ1n) is 16.6. The minimum absolute atomic E-state index is 0.0278. The van der Waals surface area contributed by atoms with Crippen LogP contribution in [0.2, 0.25) is 0 Å². The van der Waals surface area contributed by atoms with Gasteiger partial charge in [0, 0.05) is 45.1 Å². The van der Waals surface area contributed by atoms with E-state index in [1.807, 2.05) is 18.3 Å². The van der Waals surface area contributed by atoms with Gasteiger partial charge in [-0.15, -0.1) is 0 Å². The predicted molar refractivity (Wildman–Crippen MR) is 200 cm³/mol. The van der Waals surface area contributed by atoms with E-state index in [1.165, 1.54) is 32.7 Å². The topological polar surface area (TPSA) is 46.5 Å². The molecule has 0 atom stereocenters. The van der Waals surface area contributed by atoms with E-state index in [2.05, 4.69) is 159 Å². The normalized spacial score (nSPS) is 12.4. The van der Waals surface area contributed by atoms with E-state index in [4.69, 9.17) is 0 Å². The van der Waals surface area contributed by atoms with Gasteiger partial charge < -0.3 is 9.13 Å². The van der Waals surface area contributed by atoms with Gasteiger partial charge in [0.05, 0.1) is 45.1 Å². The summed E-state index contributed by atoms with van der Waals surface area (Å²) in [5, 5.41) is 15.5. The Balaban J connectivity index is 1.59. The second kappa shape index (κ2) is 10.7. The van der Waals surface area contributed by atoms with E-state index >= 15 is 0 Å². The maximum Gasteiger partial charge on any atom is 0.0999 e. The molecule has 234 valence electrons. The Morgan fingerprint density at radius 2 is 1.04 bits per heavy atom. The molecule has 0 amide bonds. The largest absolute Gasteiger partial charge is 0.307 e. The van der Waals surface area contributed by atoms with Crippen molar-refractivity contribution in [3.63, 3.8) is 0 Å². The lowest BCUT2D eigenvalue weighted by Crippen LogP contribution is -2.11. The summed E-state index contributed by atoms with van der Waals surface area (Å²) in [6, 6.07) is 41.8. The standard InChI is InChI=1S/C44H38N4/c1-43(2,3)30-17-19-34-32-13-7-9-15-37(32)47(39(34)23-30)41-22-29(26-45)36(28-12-11-21-46-27-28)25-42(41)48-38-16-10-8-14-33(38)35-20-18-31(24-40(35)48)44(4,5)6/h7-25,27H,1-6H3. The van der Waals surface area contributed by atoms with Crippen LogP contribution in [0.4, 0.5) is 0 Å². The molecular weight excluding hydrogens is 585 g/mol. The third-order valence-corrected chi connectivity index (χ3v) is 9.77. The van der Waals surface area contributed by atoms with Crippen molar-refractivity contribution in [3.8, 4) is 28.6 Å². The summed E-state index contributed by atoms with van der Waals surface area (Å²) in [7, 11) is 0. The summed E-state index contributed by atoms with van der Waals surface area (Å²) in [6.07, 6.45) is 3.62. The average Bonchev–Trinajstić information content (AvgIpc) is 3.59. The van der Waals surface area contributed by atoms with Gasteiger partial charge in [0.15, 0.2) is 0 Å². The van der Waals surface area contributed by atoms with Gasteiger partial charge in [0.2, 0.25) is 0 Å². The Bertz CT molecular complexity index is 2580. The minimum atomic E-state index is -0.0313. The van der Waals surface area contributed by atoms with Crippen LogP contribution in [-0.2, 0) is 10.8 Å². The summed E-state index contributed by atoms with van der Waals surface area (Å²) in [6.45, 7) is 13.6. The number of para-hydroxylation sites is 2. The van der Waals surface area contributed by atoms with Crippen molar-refractivity contribution in [2.24, 2.45) is 0 Å². The molecule has 3 aromatic heterocycles. The van der Waals surface area contributed by atoms with Crippen molar-refractivity contribution in [1.29, 1.82) is 5.26 Å². The zero-order valence-corrected chi connectivity index (χ0v) is 28.3. The Hall–Kier alpha value is -5.66. The number of pyridine rings is 1. The van der Waals surface area contributed by atoms with Crippen molar-refractivity contribution in [1.82, 2.24) is 14.1 Å². The van der Waals surface area contributed by atoms with Crippen molar-refractivity contribution >= 4 is 43.6 Å². The van der Waals surface area contributed by atoms with Gasteiger partial charge in [-0.1, -0.05) is 108 Å². The van der Waals surface area contributed by atoms with E-state index in [0.29, 0.717) is 5.56 Å². The number of hydrogen-bond donors (Lipinski definition) is 0. The van der Waals surface area contributed by atoms with Crippen LogP contribution in [0.5, 0.6) is 0 Å². The molecule has 0 fully saturated rings. The molecule has 0 radical (unpaired) electrons. The van der Waals surface area contributed by atoms with Gasteiger partial charge in [0.1, 0.15) is 0 Å². The number of nitriles is 1. The zero-order valence-electron chi connectivity index (χ0n) is 28.3. The van der Waals surface area contributed by atoms with Gasteiger partial charge in [-0.3, -0.25) is 4.98 Å². The first-order valence-corrected chi connectivity index (χ1v) is 16.6. The van der Waals surface area contributed by atoms with Crippen molar-refractivity contribution in [2.45, 2.75) is 52.4 Å². The number of aromatic nitrogens is 3. The molecule has 4 heteroatoms. The van der Waals surface area contributed by atoms with Crippen LogP contribution in [0.1, 0.15) is 58.2 Å². The molecule has 0 bridgehead atoms. The summed E-state index contributed by atoms with van der Waals surface area (Å²) in [5.74, 6) is 0. The van der Waals surface area contributed by atoms with Crippen LogP contribution in [0.3, 0.4) is 0 Å². The van der Waals surface area contributed by atoms with Crippen LogP contribution in [0.15, 0.2) is 122 Å². The Morgan fingerprint density at radius 3 is 1.52 bits per heavy atom. The highest BCUT2D eigenvalue weighted by Crippen LogP contribution is 2.42. The lowest BCUT2D eigenvalue weighted by molar-refractivity contribution is 0.590. The van der Waals surface area contributed by atoms with Crippen LogP contribution in [-0.4, -0.2) is 14.1 Å². The molecular formula is C44H38N4. The van der Waals surface area contributed by atoms with E-state index in [9.17, 15) is 5.26 Å². The highest BCUT2D eigenvalue weighted by molar-refractivity contribution is 6.12. The molecule has 5 aromatic carbocycles. The van der Waals surface area contributed by atoms with E-state index < -0.39 is 0 Å². The average molecular weight is 623 g/mol. The molecule has 0 spiro atoms. The third-order valence-electron chi connectivity index (χ3n) is 9.77. The number of nitrogens with zero attached hydrogens (tertiary/aromatic N) is 4. The highest BCUT2D eigenvalue weighted by Gasteiger charge is 2.24. The van der Waals surface area contributed by atoms with Gasteiger partial charge in [-0.05, 0) is 64.4 Å². The molecule has 0 aliphatic heterocycles. The Morgan fingerprint density at radius 1 is 0.542 bits per heavy atom. The molecule has 4 nitrogen and oxygen atoms in total. The zero-order chi connectivity index (χ0) is 33.4. The lowest BCUT2D eigenvalue weighted by Gasteiger charge is -2.22. The smallest absolute Gasteiger partial charge is 0.0999 e. The van der Waals surface area contributed by atoms with Gasteiger partial charge >= 0.3 is 0 Å². The molecule has 8 aromatic rings. The molecule has 0 saturated heterocycles. The molecule has 3 heterocycles. The maximum atomic E-state index is 10.7. The summed E-state index contributed by atoms with van der Waals surface area (Å²) >= 11 is 0. The second-order valence-corrected chi connectivity index (χ2v) is 14.9. The molecule has 0 aliphatic rings. The van der Waals surface area contributed by atoms with Crippen molar-refractivity contribution < 1.29 is 0 Å². The lowest BCUT2D eigenvalue weighted by atomic mass is 9.86. The Labute approximate surface area is 281 Å². The van der Waals surface area contributed by atoms with Gasteiger partial charge in [-0.2, -0.15) is 5.26 Å². The molecule has 0 unspecified atom stereocenters. The first-order chi connectivity index (χ1) is 23.0. The minimum Gasteiger partial charge on any atom is -0.307 e. The Kier molecular flexibility index (Phi) is 6.62. The second-order valence-electron chi connectivity index (χ2n) is 14.9. The summed E-state index contributed by atoms with van der Waals surface area (Å²) in [4.78, 5) is 4.43. The van der Waals surface area contributed by atoms with Crippen molar-refractivity contribution in [2.75, 3.05) is 0 Å². The van der Waals surface area contributed by atoms with Crippen LogP contribution < -0.4 is 0 Å². The third kappa shape index (κ3) is 4.61. The van der Waals surface area contributed by atoms with Crippen LogP contribution in [0, 0.1) is 11.3 Å². The van der Waals surface area contributed by atoms with E-state index in [0.717, 1.165) is 44.6 Å². The molecule has 8 rings (SSSR count). The number of rotatable bonds is 3. The summed E-state index contributed by atoms with van der Waals surface area (Å²) < 4.78 is 4.78.